The Morgan fingerprint density at radius 1 is 1.43 bits per heavy atom. The van der Waals surface area contributed by atoms with Crippen molar-refractivity contribution in [1.82, 2.24) is 4.98 Å². The highest BCUT2D eigenvalue weighted by Gasteiger charge is 2.02. The largest absolute Gasteiger partial charge is 0.383 e. The molecule has 0 radical (unpaired) electrons. The first-order valence-corrected chi connectivity index (χ1v) is 4.82. The van der Waals surface area contributed by atoms with Gasteiger partial charge in [-0.05, 0) is 38.5 Å². The maximum atomic E-state index is 5.05. The van der Waals surface area contributed by atoms with Gasteiger partial charge in [0.2, 0.25) is 0 Å². The second kappa shape index (κ2) is 4.96. The van der Waals surface area contributed by atoms with Crippen LogP contribution in [0.25, 0.3) is 0 Å². The number of methoxy groups -OCH3 is 1. The van der Waals surface area contributed by atoms with Crippen molar-refractivity contribution in [2.75, 3.05) is 19.0 Å². The lowest BCUT2D eigenvalue weighted by Gasteiger charge is -2.14. The summed E-state index contributed by atoms with van der Waals surface area (Å²) in [7, 11) is 1.70. The van der Waals surface area contributed by atoms with Crippen molar-refractivity contribution in [3.8, 4) is 0 Å². The van der Waals surface area contributed by atoms with Gasteiger partial charge in [0.1, 0.15) is 5.82 Å². The topological polar surface area (TPSA) is 34.1 Å². The number of pyridine rings is 1. The van der Waals surface area contributed by atoms with E-state index in [0.717, 1.165) is 11.5 Å². The van der Waals surface area contributed by atoms with E-state index in [0.29, 0.717) is 6.61 Å². The van der Waals surface area contributed by atoms with Crippen LogP contribution < -0.4 is 5.32 Å². The van der Waals surface area contributed by atoms with E-state index in [4.69, 9.17) is 4.74 Å². The fourth-order valence-electron chi connectivity index (χ4n) is 1.46. The van der Waals surface area contributed by atoms with Crippen molar-refractivity contribution >= 4 is 5.82 Å². The summed E-state index contributed by atoms with van der Waals surface area (Å²) in [5, 5.41) is 3.29. The molecule has 1 unspecified atom stereocenters. The lowest BCUT2D eigenvalue weighted by molar-refractivity contribution is 0.190. The molecule has 3 nitrogen and oxygen atoms in total. The Labute approximate surface area is 85.5 Å². The molecule has 14 heavy (non-hydrogen) atoms. The van der Waals surface area contributed by atoms with Crippen LogP contribution in [0.5, 0.6) is 0 Å². The number of aryl methyl sites for hydroxylation is 2. The zero-order chi connectivity index (χ0) is 10.6. The highest BCUT2D eigenvalue weighted by molar-refractivity contribution is 5.39. The summed E-state index contributed by atoms with van der Waals surface area (Å²) in [6.07, 6.45) is 0. The minimum atomic E-state index is 0.286. The molecule has 0 aliphatic rings. The molecular formula is C11H18N2O. The Morgan fingerprint density at radius 3 is 2.71 bits per heavy atom. The molecule has 0 aromatic carbocycles. The smallest absolute Gasteiger partial charge is 0.126 e. The van der Waals surface area contributed by atoms with Gasteiger partial charge in [-0.3, -0.25) is 0 Å². The van der Waals surface area contributed by atoms with Crippen LogP contribution in [0.3, 0.4) is 0 Å². The summed E-state index contributed by atoms with van der Waals surface area (Å²) in [4.78, 5) is 4.39. The average Bonchev–Trinajstić information content (AvgIpc) is 2.01. The van der Waals surface area contributed by atoms with Gasteiger partial charge in [0.05, 0.1) is 6.61 Å². The molecule has 1 aromatic heterocycles. The van der Waals surface area contributed by atoms with E-state index in [1.807, 2.05) is 13.0 Å². The van der Waals surface area contributed by atoms with Crippen molar-refractivity contribution in [2.24, 2.45) is 0 Å². The van der Waals surface area contributed by atoms with E-state index >= 15 is 0 Å². The van der Waals surface area contributed by atoms with Crippen LogP contribution in [0.15, 0.2) is 12.1 Å². The van der Waals surface area contributed by atoms with Gasteiger partial charge >= 0.3 is 0 Å². The molecule has 78 valence electrons. The van der Waals surface area contributed by atoms with Gasteiger partial charge < -0.3 is 10.1 Å². The van der Waals surface area contributed by atoms with Gasteiger partial charge in [0.15, 0.2) is 0 Å². The summed E-state index contributed by atoms with van der Waals surface area (Å²) >= 11 is 0. The molecule has 0 amide bonds. The molecule has 1 aromatic rings. The van der Waals surface area contributed by atoms with Gasteiger partial charge in [-0.2, -0.15) is 0 Å². The number of rotatable bonds is 4. The normalized spacial score (nSPS) is 12.6. The van der Waals surface area contributed by atoms with E-state index in [-0.39, 0.29) is 6.04 Å². The Bertz CT molecular complexity index is 279. The number of anilines is 1. The molecule has 1 N–H and O–H groups in total. The first kappa shape index (κ1) is 11.0. The molecule has 0 aliphatic carbocycles. The second-order valence-electron chi connectivity index (χ2n) is 3.67. The fraction of sp³-hybridized carbons (Fsp3) is 0.545. The van der Waals surface area contributed by atoms with Crippen LogP contribution >= 0.6 is 0 Å². The van der Waals surface area contributed by atoms with Crippen molar-refractivity contribution < 1.29 is 4.74 Å². The number of nitrogens with zero attached hydrogens (tertiary/aromatic N) is 1. The van der Waals surface area contributed by atoms with Crippen LogP contribution in [0.2, 0.25) is 0 Å². The summed E-state index contributed by atoms with van der Waals surface area (Å²) in [6.45, 7) is 6.83. The van der Waals surface area contributed by atoms with Gasteiger partial charge in [0.25, 0.3) is 0 Å². The minimum Gasteiger partial charge on any atom is -0.383 e. The highest BCUT2D eigenvalue weighted by atomic mass is 16.5. The maximum Gasteiger partial charge on any atom is 0.126 e. The number of nitrogens with one attached hydrogen (secondary N) is 1. The van der Waals surface area contributed by atoms with Crippen LogP contribution in [0, 0.1) is 13.8 Å². The van der Waals surface area contributed by atoms with Crippen LogP contribution in [-0.2, 0) is 4.74 Å². The first-order chi connectivity index (χ1) is 6.61. The SMILES string of the molecule is COCC(C)Nc1cc(C)cc(C)n1. The molecule has 1 rings (SSSR count). The summed E-state index contributed by atoms with van der Waals surface area (Å²) in [5.41, 5.74) is 2.27. The monoisotopic (exact) mass is 194 g/mol. The molecule has 0 spiro atoms. The van der Waals surface area contributed by atoms with Crippen molar-refractivity contribution in [3.05, 3.63) is 23.4 Å². The highest BCUT2D eigenvalue weighted by Crippen LogP contribution is 2.09. The molecule has 3 heteroatoms. The Morgan fingerprint density at radius 2 is 2.14 bits per heavy atom. The number of aromatic nitrogens is 1. The predicted molar refractivity (Wildman–Crippen MR) is 58.7 cm³/mol. The van der Waals surface area contributed by atoms with E-state index in [2.05, 4.69) is 30.2 Å². The van der Waals surface area contributed by atoms with Gasteiger partial charge in [-0.1, -0.05) is 0 Å². The van der Waals surface area contributed by atoms with Gasteiger partial charge in [-0.25, -0.2) is 4.98 Å². The summed E-state index contributed by atoms with van der Waals surface area (Å²) in [5.74, 6) is 0.923. The third-order valence-corrected chi connectivity index (χ3v) is 1.91. The minimum absolute atomic E-state index is 0.286. The fourth-order valence-corrected chi connectivity index (χ4v) is 1.46. The first-order valence-electron chi connectivity index (χ1n) is 4.82. The molecule has 1 atom stereocenters. The van der Waals surface area contributed by atoms with Gasteiger partial charge in [0, 0.05) is 18.8 Å². The van der Waals surface area contributed by atoms with Crippen LogP contribution in [0.4, 0.5) is 5.82 Å². The standard InChI is InChI=1S/C11H18N2O/c1-8-5-9(2)12-11(6-8)13-10(3)7-14-4/h5-6,10H,7H2,1-4H3,(H,12,13). The van der Waals surface area contributed by atoms with Crippen molar-refractivity contribution in [1.29, 1.82) is 0 Å². The van der Waals surface area contributed by atoms with Gasteiger partial charge in [-0.15, -0.1) is 0 Å². The van der Waals surface area contributed by atoms with E-state index in [1.54, 1.807) is 7.11 Å². The Kier molecular flexibility index (Phi) is 3.89. The quantitative estimate of drug-likeness (QED) is 0.797. The summed E-state index contributed by atoms with van der Waals surface area (Å²) in [6, 6.07) is 4.39. The third kappa shape index (κ3) is 3.34. The van der Waals surface area contributed by atoms with Crippen molar-refractivity contribution in [2.45, 2.75) is 26.8 Å². The number of hydrogen-bond donors (Lipinski definition) is 1. The average molecular weight is 194 g/mol. The van der Waals surface area contributed by atoms with E-state index < -0.39 is 0 Å². The number of hydrogen-bond acceptors (Lipinski definition) is 3. The maximum absolute atomic E-state index is 5.05. The van der Waals surface area contributed by atoms with Crippen LogP contribution in [-0.4, -0.2) is 24.7 Å². The van der Waals surface area contributed by atoms with E-state index in [1.165, 1.54) is 5.56 Å². The molecular weight excluding hydrogens is 176 g/mol. The lowest BCUT2D eigenvalue weighted by Crippen LogP contribution is -2.21. The zero-order valence-electron chi connectivity index (χ0n) is 9.29. The molecule has 0 saturated carbocycles. The molecule has 0 aliphatic heterocycles. The summed E-state index contributed by atoms with van der Waals surface area (Å²) < 4.78 is 5.05. The second-order valence-corrected chi connectivity index (χ2v) is 3.67. The van der Waals surface area contributed by atoms with E-state index in [9.17, 15) is 0 Å². The predicted octanol–water partition coefficient (Wildman–Crippen LogP) is 2.15. The lowest BCUT2D eigenvalue weighted by atomic mass is 10.2. The molecule has 0 fully saturated rings. The molecule has 1 heterocycles. The third-order valence-electron chi connectivity index (χ3n) is 1.91. The Hall–Kier alpha value is -1.09. The number of ether oxygens (including phenoxy) is 1. The molecule has 0 saturated heterocycles. The molecule has 0 bridgehead atoms. The van der Waals surface area contributed by atoms with Crippen LogP contribution in [0.1, 0.15) is 18.2 Å². The van der Waals surface area contributed by atoms with Crippen molar-refractivity contribution in [3.63, 3.8) is 0 Å². The Balaban J connectivity index is 2.66. The zero-order valence-corrected chi connectivity index (χ0v) is 9.29.